The number of aromatic hydroxyl groups is 1. The molecule has 0 radical (unpaired) electrons. The zero-order chi connectivity index (χ0) is 30.8. The van der Waals surface area contributed by atoms with Crippen molar-refractivity contribution in [3.63, 3.8) is 0 Å². The number of methoxy groups -OCH3 is 1. The van der Waals surface area contributed by atoms with Crippen molar-refractivity contribution in [2.75, 3.05) is 18.6 Å². The van der Waals surface area contributed by atoms with Crippen molar-refractivity contribution in [2.45, 2.75) is 30.4 Å². The van der Waals surface area contributed by atoms with Crippen molar-refractivity contribution in [3.8, 4) is 22.6 Å². The Bertz CT molecular complexity index is 1870. The molecule has 6 rings (SSSR count). The number of nitrogens with zero attached hydrogens (tertiary/aromatic N) is 4. The van der Waals surface area contributed by atoms with Crippen LogP contribution in [-0.2, 0) is 36.6 Å². The number of hydrogen-bond donors (Lipinski definition) is 1. The van der Waals surface area contributed by atoms with E-state index in [-0.39, 0.29) is 17.2 Å². The number of ether oxygens (including phenoxy) is 1. The zero-order valence-electron chi connectivity index (χ0n) is 24.5. The van der Waals surface area contributed by atoms with E-state index in [0.717, 1.165) is 33.6 Å². The van der Waals surface area contributed by atoms with Crippen LogP contribution in [0.2, 0.25) is 5.02 Å². The summed E-state index contributed by atoms with van der Waals surface area (Å²) < 4.78 is 37.8. The highest BCUT2D eigenvalue weighted by Crippen LogP contribution is 2.36. The molecule has 0 saturated heterocycles. The lowest BCUT2D eigenvalue weighted by Gasteiger charge is -2.32. The minimum Gasteiger partial charge on any atom is -0.508 e. The van der Waals surface area contributed by atoms with Gasteiger partial charge in [-0.15, -0.1) is 0 Å². The number of aromatic nitrogens is 2. The Morgan fingerprint density at radius 1 is 0.977 bits per heavy atom. The molecule has 1 aliphatic heterocycles. The maximum Gasteiger partial charge on any atom is 0.243 e. The first-order valence-corrected chi connectivity index (χ1v) is 16.1. The monoisotopic (exact) mass is 628 g/mol. The summed E-state index contributed by atoms with van der Waals surface area (Å²) in [6.45, 7) is 1.15. The molecule has 0 saturated carbocycles. The summed E-state index contributed by atoms with van der Waals surface area (Å²) in [5.41, 5.74) is 5.67. The highest BCUT2D eigenvalue weighted by Gasteiger charge is 2.37. The van der Waals surface area contributed by atoms with Gasteiger partial charge in [0.1, 0.15) is 11.5 Å². The molecule has 1 atom stereocenters. The maximum atomic E-state index is 14.5. The summed E-state index contributed by atoms with van der Waals surface area (Å²) in [5, 5.41) is 10.5. The van der Waals surface area contributed by atoms with Crippen LogP contribution in [0.3, 0.4) is 0 Å². The van der Waals surface area contributed by atoms with Crippen LogP contribution in [0.5, 0.6) is 11.5 Å². The number of benzene rings is 4. The number of phenolic OH excluding ortho intramolecular Hbond substituents is 1. The number of anilines is 1. The van der Waals surface area contributed by atoms with Crippen molar-refractivity contribution < 1.29 is 18.3 Å². The highest BCUT2D eigenvalue weighted by molar-refractivity contribution is 7.89. The average Bonchev–Trinajstić information content (AvgIpc) is 3.36. The first-order chi connectivity index (χ1) is 21.2. The third kappa shape index (κ3) is 6.17. The third-order valence-corrected chi connectivity index (χ3v) is 10.2. The molecule has 0 fully saturated rings. The quantitative estimate of drug-likeness (QED) is 0.218. The summed E-state index contributed by atoms with van der Waals surface area (Å²) >= 11 is 6.33. The van der Waals surface area contributed by atoms with E-state index in [1.807, 2.05) is 54.2 Å². The Labute approximate surface area is 262 Å². The van der Waals surface area contributed by atoms with Crippen LogP contribution in [0.15, 0.2) is 108 Å². The maximum absolute atomic E-state index is 14.5. The van der Waals surface area contributed by atoms with Crippen LogP contribution in [0.1, 0.15) is 16.8 Å². The number of rotatable bonds is 8. The minimum atomic E-state index is -3.95. The second kappa shape index (κ2) is 12.4. The van der Waals surface area contributed by atoms with Crippen molar-refractivity contribution in [2.24, 2.45) is 7.05 Å². The van der Waals surface area contributed by atoms with E-state index < -0.39 is 16.1 Å². The summed E-state index contributed by atoms with van der Waals surface area (Å²) in [7, 11) is -0.436. The predicted molar refractivity (Wildman–Crippen MR) is 172 cm³/mol. The molecule has 1 N–H and O–H groups in total. The Morgan fingerprint density at radius 2 is 1.73 bits per heavy atom. The second-order valence-corrected chi connectivity index (χ2v) is 13.3. The summed E-state index contributed by atoms with van der Waals surface area (Å²) in [4.78, 5) is 6.75. The Hall–Kier alpha value is -4.31. The average molecular weight is 629 g/mol. The molecule has 0 spiro atoms. The SMILES string of the molecule is COc1ccc(S(=O)(=O)N2Cc3cc(-c4cccc(Cl)c4)ccc3N(Cc3cncn3C)C[C@H]2Cc2ccc(O)cc2)cc1. The number of fused-ring (bicyclic) bond motifs is 1. The van der Waals surface area contributed by atoms with E-state index in [9.17, 15) is 13.5 Å². The molecule has 0 amide bonds. The second-order valence-electron chi connectivity index (χ2n) is 11.0. The van der Waals surface area contributed by atoms with Crippen molar-refractivity contribution in [1.29, 1.82) is 0 Å². The van der Waals surface area contributed by atoms with E-state index in [1.54, 1.807) is 54.1 Å². The molecule has 1 aliphatic rings. The molecule has 8 nitrogen and oxygen atoms in total. The van der Waals surface area contributed by atoms with Crippen molar-refractivity contribution >= 4 is 27.3 Å². The number of sulfonamides is 1. The zero-order valence-corrected chi connectivity index (χ0v) is 26.0. The van der Waals surface area contributed by atoms with Gasteiger partial charge in [-0.1, -0.05) is 41.9 Å². The molecule has 0 bridgehead atoms. The first-order valence-electron chi connectivity index (χ1n) is 14.2. The van der Waals surface area contributed by atoms with Crippen LogP contribution in [0.4, 0.5) is 5.69 Å². The summed E-state index contributed by atoms with van der Waals surface area (Å²) in [5.74, 6) is 0.746. The van der Waals surface area contributed by atoms with Crippen molar-refractivity contribution in [3.05, 3.63) is 125 Å². The van der Waals surface area contributed by atoms with Crippen LogP contribution >= 0.6 is 11.6 Å². The Kier molecular flexibility index (Phi) is 8.35. The Balaban J connectivity index is 1.49. The molecule has 44 heavy (non-hydrogen) atoms. The molecule has 2 heterocycles. The van der Waals surface area contributed by atoms with Crippen LogP contribution in [0, 0.1) is 0 Å². The van der Waals surface area contributed by atoms with Crippen LogP contribution < -0.4 is 9.64 Å². The topological polar surface area (TPSA) is 87.9 Å². The fourth-order valence-electron chi connectivity index (χ4n) is 5.73. The van der Waals surface area contributed by atoms with Gasteiger partial charge in [0.2, 0.25) is 10.0 Å². The van der Waals surface area contributed by atoms with Gasteiger partial charge in [0.15, 0.2) is 0 Å². The van der Waals surface area contributed by atoms with Gasteiger partial charge < -0.3 is 19.3 Å². The van der Waals surface area contributed by atoms with Gasteiger partial charge in [-0.2, -0.15) is 4.31 Å². The molecule has 1 aromatic heterocycles. The van der Waals surface area contributed by atoms with E-state index in [0.29, 0.717) is 30.3 Å². The largest absolute Gasteiger partial charge is 0.508 e. The Morgan fingerprint density at radius 3 is 2.41 bits per heavy atom. The van der Waals surface area contributed by atoms with E-state index in [4.69, 9.17) is 16.3 Å². The number of phenols is 1. The van der Waals surface area contributed by atoms with Gasteiger partial charge in [-0.3, -0.25) is 0 Å². The van der Waals surface area contributed by atoms with E-state index in [1.165, 1.54) is 0 Å². The van der Waals surface area contributed by atoms with Gasteiger partial charge in [0.05, 0.1) is 30.6 Å². The highest BCUT2D eigenvalue weighted by atomic mass is 35.5. The molecule has 5 aromatic rings. The fraction of sp³-hybridized carbons (Fsp3) is 0.206. The van der Waals surface area contributed by atoms with Crippen LogP contribution in [-0.4, -0.2) is 47.1 Å². The smallest absolute Gasteiger partial charge is 0.243 e. The van der Waals surface area contributed by atoms with Gasteiger partial charge in [-0.25, -0.2) is 13.4 Å². The molecular formula is C34H33ClN4O4S. The van der Waals surface area contributed by atoms with Gasteiger partial charge in [0, 0.05) is 43.1 Å². The number of hydrogen-bond acceptors (Lipinski definition) is 6. The molecule has 0 unspecified atom stereocenters. The fourth-order valence-corrected chi connectivity index (χ4v) is 7.51. The first kappa shape index (κ1) is 29.7. The molecule has 0 aliphatic carbocycles. The van der Waals surface area contributed by atoms with Gasteiger partial charge >= 0.3 is 0 Å². The number of halogens is 1. The number of aryl methyl sites for hydroxylation is 1. The lowest BCUT2D eigenvalue weighted by molar-refractivity contribution is 0.317. The third-order valence-electron chi connectivity index (χ3n) is 8.09. The molecular weight excluding hydrogens is 596 g/mol. The standard InChI is InChI=1S/C34H33ClN4O4S/c1-37-23-36-19-30(37)22-38-21-29(16-24-6-9-31(40)10-7-24)39(44(41,42)33-13-11-32(43-2)12-14-33)20-27-17-26(8-15-34(27)38)25-4-3-5-28(35)18-25/h3-15,17-19,23,29,40H,16,20-22H2,1-2H3/t29-/m1/s1. The lowest BCUT2D eigenvalue weighted by atomic mass is 10.0. The van der Waals surface area contributed by atoms with E-state index in [2.05, 4.69) is 28.1 Å². The van der Waals surface area contributed by atoms with Crippen molar-refractivity contribution in [1.82, 2.24) is 13.9 Å². The van der Waals surface area contributed by atoms with Gasteiger partial charge in [0.25, 0.3) is 0 Å². The number of imidazole rings is 1. The summed E-state index contributed by atoms with van der Waals surface area (Å²) in [6, 6.07) is 26.9. The van der Waals surface area contributed by atoms with Crippen LogP contribution in [0.25, 0.3) is 11.1 Å². The summed E-state index contributed by atoms with van der Waals surface area (Å²) in [6.07, 6.45) is 4.06. The minimum absolute atomic E-state index is 0.163. The van der Waals surface area contributed by atoms with Gasteiger partial charge in [-0.05, 0) is 89.3 Å². The normalized spacial score (nSPS) is 15.5. The van der Waals surface area contributed by atoms with E-state index >= 15 is 0 Å². The molecule has 226 valence electrons. The lowest BCUT2D eigenvalue weighted by Crippen LogP contribution is -2.45. The molecule has 4 aromatic carbocycles. The molecule has 10 heteroatoms. The predicted octanol–water partition coefficient (Wildman–Crippen LogP) is 6.28.